The number of aromatic nitrogens is 3. The van der Waals surface area contributed by atoms with Crippen molar-refractivity contribution in [3.05, 3.63) is 79.5 Å². The molecule has 0 radical (unpaired) electrons. The Hall–Kier alpha value is -3.23. The molecule has 140 valence electrons. The van der Waals surface area contributed by atoms with E-state index in [0.717, 1.165) is 20.3 Å². The minimum atomic E-state index is -0.737. The largest absolute Gasteiger partial charge is 0.493 e. The van der Waals surface area contributed by atoms with E-state index < -0.39 is 17.1 Å². The summed E-state index contributed by atoms with van der Waals surface area (Å²) in [5, 5.41) is 11.5. The zero-order valence-corrected chi connectivity index (χ0v) is 16.1. The number of aliphatic imine (C=N–C) groups is 1. The number of benzene rings is 2. The summed E-state index contributed by atoms with van der Waals surface area (Å²) < 4.78 is 1.87. The molecule has 4 aromatic rings. The van der Waals surface area contributed by atoms with Crippen molar-refractivity contribution in [2.24, 2.45) is 4.99 Å². The van der Waals surface area contributed by atoms with Crippen LogP contribution in [0.1, 0.15) is 11.1 Å². The Morgan fingerprint density at radius 2 is 2.07 bits per heavy atom. The van der Waals surface area contributed by atoms with Gasteiger partial charge in [0.05, 0.1) is 15.9 Å². The van der Waals surface area contributed by atoms with E-state index in [9.17, 15) is 14.7 Å². The van der Waals surface area contributed by atoms with Gasteiger partial charge in [0.15, 0.2) is 0 Å². The molecule has 0 spiro atoms. The quantitative estimate of drug-likeness (QED) is 0.502. The van der Waals surface area contributed by atoms with Gasteiger partial charge >= 0.3 is 5.69 Å². The van der Waals surface area contributed by atoms with Gasteiger partial charge in [-0.3, -0.25) is 9.78 Å². The van der Waals surface area contributed by atoms with Crippen LogP contribution in [-0.4, -0.2) is 25.9 Å². The lowest BCUT2D eigenvalue weighted by Crippen LogP contribution is -2.31. The van der Waals surface area contributed by atoms with Gasteiger partial charge in [-0.05, 0) is 42.8 Å². The summed E-state index contributed by atoms with van der Waals surface area (Å²) in [7, 11) is 0. The third-order valence-electron chi connectivity index (χ3n) is 4.02. The van der Waals surface area contributed by atoms with Gasteiger partial charge in [-0.1, -0.05) is 35.1 Å². The molecule has 9 heteroatoms. The molecule has 0 aliphatic carbocycles. The molecule has 0 unspecified atom stereocenters. The second-order valence-electron chi connectivity index (χ2n) is 6.04. The van der Waals surface area contributed by atoms with E-state index in [1.165, 1.54) is 17.6 Å². The normalized spacial score (nSPS) is 11.5. The van der Waals surface area contributed by atoms with Crippen LogP contribution in [0, 0.1) is 6.92 Å². The summed E-state index contributed by atoms with van der Waals surface area (Å²) in [6.07, 6.45) is 1.19. The number of nitrogens with zero attached hydrogens (tertiary/aromatic N) is 3. The molecule has 0 saturated carbocycles. The molecule has 2 heterocycles. The molecule has 0 aliphatic heterocycles. The number of thiazole rings is 1. The van der Waals surface area contributed by atoms with Crippen LogP contribution in [0.4, 0.5) is 5.13 Å². The van der Waals surface area contributed by atoms with Gasteiger partial charge in [-0.15, -0.1) is 0 Å². The van der Waals surface area contributed by atoms with Crippen molar-refractivity contribution < 1.29 is 5.11 Å². The highest BCUT2D eigenvalue weighted by Gasteiger charge is 2.14. The maximum absolute atomic E-state index is 12.2. The number of hydrogen-bond donors (Lipinski definition) is 2. The smallest absolute Gasteiger partial charge is 0.335 e. The third kappa shape index (κ3) is 3.35. The molecule has 2 N–H and O–H groups in total. The molecule has 0 saturated heterocycles. The number of aromatic hydroxyl groups is 1. The second kappa shape index (κ2) is 7.06. The van der Waals surface area contributed by atoms with Gasteiger partial charge in [0.25, 0.3) is 5.56 Å². The Morgan fingerprint density at radius 3 is 2.86 bits per heavy atom. The molecule has 2 aromatic carbocycles. The molecular formula is C19H13ClN4O3S. The van der Waals surface area contributed by atoms with Crippen molar-refractivity contribution in [1.82, 2.24) is 14.5 Å². The van der Waals surface area contributed by atoms with E-state index in [0.29, 0.717) is 15.8 Å². The molecule has 0 amide bonds. The first-order chi connectivity index (χ1) is 13.4. The zero-order chi connectivity index (χ0) is 19.8. The van der Waals surface area contributed by atoms with Crippen molar-refractivity contribution in [2.45, 2.75) is 6.92 Å². The summed E-state index contributed by atoms with van der Waals surface area (Å²) >= 11 is 7.27. The van der Waals surface area contributed by atoms with Crippen LogP contribution in [0.3, 0.4) is 0 Å². The molecule has 0 bridgehead atoms. The first-order valence-electron chi connectivity index (χ1n) is 8.18. The Balaban J connectivity index is 1.81. The van der Waals surface area contributed by atoms with E-state index in [4.69, 9.17) is 11.6 Å². The number of aromatic amines is 1. The summed E-state index contributed by atoms with van der Waals surface area (Å²) in [6.45, 7) is 1.86. The van der Waals surface area contributed by atoms with Crippen molar-refractivity contribution in [3.8, 4) is 11.6 Å². The minimum absolute atomic E-state index is 0.140. The van der Waals surface area contributed by atoms with Gasteiger partial charge in [-0.25, -0.2) is 19.3 Å². The van der Waals surface area contributed by atoms with Gasteiger partial charge in [0.2, 0.25) is 11.0 Å². The topological polar surface area (TPSA) is 100 Å². The van der Waals surface area contributed by atoms with Crippen molar-refractivity contribution in [1.29, 1.82) is 0 Å². The van der Waals surface area contributed by atoms with E-state index in [1.54, 1.807) is 36.4 Å². The van der Waals surface area contributed by atoms with Gasteiger partial charge in [0.1, 0.15) is 5.56 Å². The molecular weight excluding hydrogens is 400 g/mol. The second-order valence-corrected chi connectivity index (χ2v) is 7.48. The van der Waals surface area contributed by atoms with Crippen molar-refractivity contribution >= 4 is 44.5 Å². The van der Waals surface area contributed by atoms with E-state index in [-0.39, 0.29) is 5.56 Å². The Bertz CT molecular complexity index is 1350. The zero-order valence-electron chi connectivity index (χ0n) is 14.5. The fourth-order valence-electron chi connectivity index (χ4n) is 2.72. The maximum Gasteiger partial charge on any atom is 0.335 e. The molecule has 0 fully saturated rings. The predicted molar refractivity (Wildman–Crippen MR) is 111 cm³/mol. The average Bonchev–Trinajstić information content (AvgIpc) is 3.03. The first kappa shape index (κ1) is 18.1. The maximum atomic E-state index is 12.2. The summed E-state index contributed by atoms with van der Waals surface area (Å²) in [6, 6.07) is 12.3. The summed E-state index contributed by atoms with van der Waals surface area (Å²) in [5.41, 5.74) is 0.448. The summed E-state index contributed by atoms with van der Waals surface area (Å²) in [4.78, 5) is 35.2. The molecule has 0 atom stereocenters. The van der Waals surface area contributed by atoms with Crippen LogP contribution in [0.2, 0.25) is 5.02 Å². The van der Waals surface area contributed by atoms with E-state index >= 15 is 0 Å². The highest BCUT2D eigenvalue weighted by Crippen LogP contribution is 2.30. The van der Waals surface area contributed by atoms with Crippen LogP contribution in [0.5, 0.6) is 5.88 Å². The van der Waals surface area contributed by atoms with E-state index in [1.807, 2.05) is 13.0 Å². The molecule has 2 aromatic heterocycles. The number of aryl methyl sites for hydroxylation is 1. The number of rotatable bonds is 3. The number of hydrogen-bond acceptors (Lipinski definition) is 6. The van der Waals surface area contributed by atoms with Crippen LogP contribution in [-0.2, 0) is 0 Å². The average molecular weight is 413 g/mol. The summed E-state index contributed by atoms with van der Waals surface area (Å²) in [5.74, 6) is -0.493. The Kier molecular flexibility index (Phi) is 4.58. The molecule has 0 aliphatic rings. The minimum Gasteiger partial charge on any atom is -0.493 e. The number of halogens is 1. The fraction of sp³-hybridized carbons (Fsp3) is 0.0526. The van der Waals surface area contributed by atoms with Gasteiger partial charge < -0.3 is 5.11 Å². The first-order valence-corrected chi connectivity index (χ1v) is 9.37. The number of fused-ring (bicyclic) bond motifs is 1. The Labute approximate surface area is 167 Å². The highest BCUT2D eigenvalue weighted by molar-refractivity contribution is 7.22. The predicted octanol–water partition coefficient (Wildman–Crippen LogP) is 3.55. The van der Waals surface area contributed by atoms with Gasteiger partial charge in [-0.2, -0.15) is 0 Å². The van der Waals surface area contributed by atoms with E-state index in [2.05, 4.69) is 15.0 Å². The number of nitrogens with one attached hydrogen (secondary N) is 1. The molecule has 7 nitrogen and oxygen atoms in total. The highest BCUT2D eigenvalue weighted by atomic mass is 35.5. The molecule has 4 rings (SSSR count). The standard InChI is InChI=1S/C19H13ClN4O3S/c1-10-3-2-4-12(7-10)24-17(26)13(16(25)23-19(24)27)9-21-18-22-14-6-5-11(20)8-15(14)28-18/h2-9,26H,1H3,(H,23,25,27). The third-order valence-corrected chi connectivity index (χ3v) is 5.19. The van der Waals surface area contributed by atoms with Crippen LogP contribution in [0.15, 0.2) is 57.0 Å². The van der Waals surface area contributed by atoms with Gasteiger partial charge in [0, 0.05) is 11.2 Å². The van der Waals surface area contributed by atoms with Crippen LogP contribution >= 0.6 is 22.9 Å². The Morgan fingerprint density at radius 1 is 1.25 bits per heavy atom. The lowest BCUT2D eigenvalue weighted by Gasteiger charge is -2.09. The SMILES string of the molecule is Cc1cccc(-n2c(O)c(C=Nc3nc4ccc(Cl)cc4s3)c(=O)[nH]c2=O)c1. The lowest BCUT2D eigenvalue weighted by molar-refractivity contribution is 0.430. The fourth-order valence-corrected chi connectivity index (χ4v) is 3.81. The van der Waals surface area contributed by atoms with Crippen molar-refractivity contribution in [2.75, 3.05) is 0 Å². The number of H-pyrrole nitrogens is 1. The van der Waals surface area contributed by atoms with Crippen LogP contribution < -0.4 is 11.2 Å². The van der Waals surface area contributed by atoms with Crippen LogP contribution in [0.25, 0.3) is 15.9 Å². The molecule has 28 heavy (non-hydrogen) atoms. The lowest BCUT2D eigenvalue weighted by atomic mass is 10.2. The van der Waals surface area contributed by atoms with Crippen molar-refractivity contribution in [3.63, 3.8) is 0 Å². The monoisotopic (exact) mass is 412 g/mol.